The highest BCUT2D eigenvalue weighted by molar-refractivity contribution is 7.99. The van der Waals surface area contributed by atoms with Gasteiger partial charge in [0, 0.05) is 5.25 Å². The molecule has 1 heterocycles. The van der Waals surface area contributed by atoms with E-state index in [2.05, 4.69) is 15.4 Å². The average Bonchev–Trinajstić information content (AvgIpc) is 2.21. The maximum Gasteiger partial charge on any atom is 0.238 e. The molecule has 0 saturated heterocycles. The molecule has 78 valence electrons. The summed E-state index contributed by atoms with van der Waals surface area (Å²) in [4.78, 5) is 7.40. The first kappa shape index (κ1) is 11.2. The van der Waals surface area contributed by atoms with Crippen LogP contribution in [0.1, 0.15) is 6.92 Å². The standard InChI is InChI=1S/C7H11FN4OS/c1-4(3-13)14-6-5(8)2-10-7(11-6)12-9/h2,4,13H,3,9H2,1H3,(H,10,11,12). The van der Waals surface area contributed by atoms with Gasteiger partial charge < -0.3 is 5.11 Å². The van der Waals surface area contributed by atoms with Gasteiger partial charge in [0.2, 0.25) is 5.95 Å². The molecular formula is C7H11FN4OS. The van der Waals surface area contributed by atoms with E-state index in [1.165, 1.54) is 0 Å². The minimum atomic E-state index is -0.519. The number of nitrogen functional groups attached to an aromatic ring is 1. The van der Waals surface area contributed by atoms with Crippen molar-refractivity contribution in [3.8, 4) is 0 Å². The quantitative estimate of drug-likeness (QED) is 0.293. The molecule has 0 aliphatic carbocycles. The lowest BCUT2D eigenvalue weighted by Crippen LogP contribution is -2.12. The van der Waals surface area contributed by atoms with Crippen molar-refractivity contribution in [2.75, 3.05) is 12.0 Å². The Morgan fingerprint density at radius 1 is 1.79 bits per heavy atom. The molecule has 1 rings (SSSR count). The second-order valence-corrected chi connectivity index (χ2v) is 4.03. The lowest BCUT2D eigenvalue weighted by molar-refractivity contribution is 0.300. The number of thioether (sulfide) groups is 1. The number of aliphatic hydroxyl groups excluding tert-OH is 1. The summed E-state index contributed by atoms with van der Waals surface area (Å²) in [5, 5.41) is 8.84. The third kappa shape index (κ3) is 2.79. The lowest BCUT2D eigenvalue weighted by Gasteiger charge is -2.07. The monoisotopic (exact) mass is 218 g/mol. The van der Waals surface area contributed by atoms with Crippen LogP contribution < -0.4 is 11.3 Å². The van der Waals surface area contributed by atoms with E-state index in [4.69, 9.17) is 10.9 Å². The highest BCUT2D eigenvalue weighted by atomic mass is 32.2. The summed E-state index contributed by atoms with van der Waals surface area (Å²) in [6.07, 6.45) is 1.04. The third-order valence-corrected chi connectivity index (χ3v) is 2.47. The smallest absolute Gasteiger partial charge is 0.238 e. The van der Waals surface area contributed by atoms with E-state index in [0.29, 0.717) is 0 Å². The highest BCUT2D eigenvalue weighted by Crippen LogP contribution is 2.23. The molecule has 0 fully saturated rings. The van der Waals surface area contributed by atoms with Gasteiger partial charge >= 0.3 is 0 Å². The first-order chi connectivity index (χ1) is 6.67. The Morgan fingerprint density at radius 3 is 3.07 bits per heavy atom. The summed E-state index contributed by atoms with van der Waals surface area (Å²) in [5.41, 5.74) is 2.22. The van der Waals surface area contributed by atoms with E-state index in [9.17, 15) is 4.39 Å². The van der Waals surface area contributed by atoms with Gasteiger partial charge in [0.1, 0.15) is 5.03 Å². The summed E-state index contributed by atoms with van der Waals surface area (Å²) in [6.45, 7) is 1.72. The number of hydrogen-bond donors (Lipinski definition) is 3. The van der Waals surface area contributed by atoms with E-state index in [-0.39, 0.29) is 22.8 Å². The van der Waals surface area contributed by atoms with Gasteiger partial charge in [-0.2, -0.15) is 0 Å². The molecule has 0 aliphatic rings. The molecule has 0 amide bonds. The summed E-state index contributed by atoms with van der Waals surface area (Å²) in [6, 6.07) is 0. The number of nitrogens with two attached hydrogens (primary N) is 1. The average molecular weight is 218 g/mol. The summed E-state index contributed by atoms with van der Waals surface area (Å²) in [7, 11) is 0. The van der Waals surface area contributed by atoms with Crippen molar-refractivity contribution < 1.29 is 9.50 Å². The van der Waals surface area contributed by atoms with Crippen LogP contribution in [-0.4, -0.2) is 26.9 Å². The zero-order chi connectivity index (χ0) is 10.6. The first-order valence-corrected chi connectivity index (χ1v) is 4.82. The van der Waals surface area contributed by atoms with Gasteiger partial charge in [-0.1, -0.05) is 18.7 Å². The Labute approximate surface area is 84.9 Å². The Kier molecular flexibility index (Phi) is 4.05. The first-order valence-electron chi connectivity index (χ1n) is 3.94. The Hall–Kier alpha value is -0.920. The molecular weight excluding hydrogens is 207 g/mol. The largest absolute Gasteiger partial charge is 0.395 e. The molecule has 4 N–H and O–H groups in total. The fourth-order valence-corrected chi connectivity index (χ4v) is 1.49. The van der Waals surface area contributed by atoms with Crippen LogP contribution in [0.4, 0.5) is 10.3 Å². The van der Waals surface area contributed by atoms with Gasteiger partial charge in [-0.25, -0.2) is 20.2 Å². The predicted octanol–water partition coefficient (Wildman–Crippen LogP) is 0.374. The van der Waals surface area contributed by atoms with Gasteiger partial charge in [0.05, 0.1) is 12.8 Å². The molecule has 1 aromatic rings. The van der Waals surface area contributed by atoms with Crippen LogP contribution in [0.25, 0.3) is 0 Å². The zero-order valence-electron chi connectivity index (χ0n) is 7.57. The SMILES string of the molecule is CC(CO)Sc1nc(NN)ncc1F. The van der Waals surface area contributed by atoms with Crippen LogP contribution in [0, 0.1) is 5.82 Å². The van der Waals surface area contributed by atoms with Crippen LogP contribution in [0.15, 0.2) is 11.2 Å². The molecule has 1 aromatic heterocycles. The maximum absolute atomic E-state index is 13.1. The van der Waals surface area contributed by atoms with Gasteiger partial charge in [-0.3, -0.25) is 5.43 Å². The molecule has 1 unspecified atom stereocenters. The van der Waals surface area contributed by atoms with Crippen molar-refractivity contribution in [1.29, 1.82) is 0 Å². The van der Waals surface area contributed by atoms with Crippen molar-refractivity contribution in [3.63, 3.8) is 0 Å². The summed E-state index contributed by atoms with van der Waals surface area (Å²) >= 11 is 1.13. The molecule has 5 nitrogen and oxygen atoms in total. The Morgan fingerprint density at radius 2 is 2.50 bits per heavy atom. The van der Waals surface area contributed by atoms with Crippen molar-refractivity contribution in [2.45, 2.75) is 17.2 Å². The fraction of sp³-hybridized carbons (Fsp3) is 0.429. The number of nitrogens with one attached hydrogen (secondary N) is 1. The number of rotatable bonds is 4. The molecule has 0 aromatic carbocycles. The van der Waals surface area contributed by atoms with E-state index in [1.807, 2.05) is 0 Å². The van der Waals surface area contributed by atoms with Crippen LogP contribution in [0.5, 0.6) is 0 Å². The third-order valence-electron chi connectivity index (χ3n) is 1.41. The number of nitrogens with zero attached hydrogens (tertiary/aromatic N) is 2. The second-order valence-electron chi connectivity index (χ2n) is 2.60. The Bertz CT molecular complexity index is 312. The topological polar surface area (TPSA) is 84.1 Å². The summed E-state index contributed by atoms with van der Waals surface area (Å²) < 4.78 is 13.1. The van der Waals surface area contributed by atoms with Gasteiger partial charge in [-0.15, -0.1) is 0 Å². The zero-order valence-corrected chi connectivity index (χ0v) is 8.38. The Balaban J connectivity index is 2.83. The van der Waals surface area contributed by atoms with Crippen LogP contribution >= 0.6 is 11.8 Å². The van der Waals surface area contributed by atoms with Gasteiger partial charge in [-0.05, 0) is 0 Å². The van der Waals surface area contributed by atoms with Crippen molar-refractivity contribution in [1.82, 2.24) is 9.97 Å². The fourth-order valence-electron chi connectivity index (χ4n) is 0.732. The summed E-state index contributed by atoms with van der Waals surface area (Å²) in [5.74, 6) is 4.71. The second kappa shape index (κ2) is 5.08. The number of hydrazine groups is 1. The number of hydrogen-bond acceptors (Lipinski definition) is 6. The van der Waals surface area contributed by atoms with Crippen LogP contribution in [0.3, 0.4) is 0 Å². The number of halogens is 1. The van der Waals surface area contributed by atoms with E-state index in [0.717, 1.165) is 18.0 Å². The van der Waals surface area contributed by atoms with Crippen molar-refractivity contribution >= 4 is 17.7 Å². The normalized spacial score (nSPS) is 12.6. The number of aliphatic hydroxyl groups is 1. The van der Waals surface area contributed by atoms with Crippen LogP contribution in [-0.2, 0) is 0 Å². The highest BCUT2D eigenvalue weighted by Gasteiger charge is 2.10. The predicted molar refractivity (Wildman–Crippen MR) is 52.2 cm³/mol. The van der Waals surface area contributed by atoms with E-state index in [1.54, 1.807) is 6.92 Å². The maximum atomic E-state index is 13.1. The van der Waals surface area contributed by atoms with Crippen molar-refractivity contribution in [2.24, 2.45) is 5.84 Å². The molecule has 0 radical (unpaired) electrons. The van der Waals surface area contributed by atoms with E-state index < -0.39 is 5.82 Å². The molecule has 0 aliphatic heterocycles. The number of aromatic nitrogens is 2. The molecule has 0 bridgehead atoms. The molecule has 0 saturated carbocycles. The number of anilines is 1. The molecule has 14 heavy (non-hydrogen) atoms. The molecule has 0 spiro atoms. The minimum absolute atomic E-state index is 0.0422. The van der Waals surface area contributed by atoms with Crippen molar-refractivity contribution in [3.05, 3.63) is 12.0 Å². The van der Waals surface area contributed by atoms with Gasteiger partial charge in [0.25, 0.3) is 0 Å². The van der Waals surface area contributed by atoms with Gasteiger partial charge in [0.15, 0.2) is 5.82 Å². The lowest BCUT2D eigenvalue weighted by atomic mass is 10.5. The molecule has 1 atom stereocenters. The molecule has 7 heteroatoms. The van der Waals surface area contributed by atoms with E-state index >= 15 is 0 Å². The van der Waals surface area contributed by atoms with Crippen LogP contribution in [0.2, 0.25) is 0 Å². The minimum Gasteiger partial charge on any atom is -0.395 e.